The van der Waals surface area contributed by atoms with Crippen molar-refractivity contribution in [3.63, 3.8) is 0 Å². The van der Waals surface area contributed by atoms with Crippen molar-refractivity contribution in [2.24, 2.45) is 0 Å². The number of rotatable bonds is 2. The summed E-state index contributed by atoms with van der Waals surface area (Å²) in [7, 11) is 0. The molecule has 25 heavy (non-hydrogen) atoms. The third-order valence-corrected chi connectivity index (χ3v) is 4.43. The first-order chi connectivity index (χ1) is 12.1. The number of hydrogen-bond donors (Lipinski definition) is 0. The number of hydrogen-bond acceptors (Lipinski definition) is 2. The van der Waals surface area contributed by atoms with E-state index in [0.717, 1.165) is 5.56 Å². The van der Waals surface area contributed by atoms with E-state index in [1.165, 1.54) is 0 Å². The monoisotopic (exact) mass is 366 g/mol. The van der Waals surface area contributed by atoms with Gasteiger partial charge in [-0.25, -0.2) is 4.98 Å². The number of fused-ring (bicyclic) bond motifs is 1. The Bertz CT molecular complexity index is 1130. The molecule has 0 N–H and O–H groups in total. The van der Waals surface area contributed by atoms with E-state index in [2.05, 4.69) is 0 Å². The zero-order valence-electron chi connectivity index (χ0n) is 13.0. The molecular formula is C20H12Cl2N2O. The highest BCUT2D eigenvalue weighted by Crippen LogP contribution is 2.24. The van der Waals surface area contributed by atoms with Gasteiger partial charge in [0.1, 0.15) is 5.82 Å². The highest BCUT2D eigenvalue weighted by Gasteiger charge is 2.14. The summed E-state index contributed by atoms with van der Waals surface area (Å²) < 4.78 is 1.58. The standard InChI is InChI=1S/C20H12Cl2N2O/c21-14-10-8-13(9-11-14)19-23-18-7-2-1-6-17(18)20(25)24(19)16-5-3-4-15(22)12-16/h1-12H. The Morgan fingerprint density at radius 2 is 1.56 bits per heavy atom. The predicted molar refractivity (Wildman–Crippen MR) is 103 cm³/mol. The van der Waals surface area contributed by atoms with Gasteiger partial charge >= 0.3 is 0 Å². The maximum absolute atomic E-state index is 13.2. The van der Waals surface area contributed by atoms with Crippen molar-refractivity contribution < 1.29 is 0 Å². The SMILES string of the molecule is O=c1c2ccccc2nc(-c2ccc(Cl)cc2)n1-c1cccc(Cl)c1. The Morgan fingerprint density at radius 1 is 0.800 bits per heavy atom. The third kappa shape index (κ3) is 2.93. The molecule has 0 saturated carbocycles. The predicted octanol–water partition coefficient (Wildman–Crippen LogP) is 5.36. The molecule has 0 amide bonds. The smallest absolute Gasteiger partial charge is 0.266 e. The lowest BCUT2D eigenvalue weighted by atomic mass is 10.1. The lowest BCUT2D eigenvalue weighted by Gasteiger charge is -2.14. The van der Waals surface area contributed by atoms with Crippen molar-refractivity contribution in [2.75, 3.05) is 0 Å². The summed E-state index contributed by atoms with van der Waals surface area (Å²) in [5.74, 6) is 0.544. The highest BCUT2D eigenvalue weighted by molar-refractivity contribution is 6.31. The molecule has 0 fully saturated rings. The maximum Gasteiger partial charge on any atom is 0.266 e. The fraction of sp³-hybridized carbons (Fsp3) is 0. The Morgan fingerprint density at radius 3 is 2.32 bits per heavy atom. The van der Waals surface area contributed by atoms with E-state index in [-0.39, 0.29) is 5.56 Å². The zero-order valence-corrected chi connectivity index (χ0v) is 14.5. The van der Waals surface area contributed by atoms with Crippen molar-refractivity contribution in [2.45, 2.75) is 0 Å². The average molecular weight is 367 g/mol. The molecule has 1 aromatic heterocycles. The largest absolute Gasteiger partial charge is 0.268 e. The van der Waals surface area contributed by atoms with Crippen LogP contribution in [0, 0.1) is 0 Å². The van der Waals surface area contributed by atoms with Gasteiger partial charge in [0.25, 0.3) is 5.56 Å². The molecule has 0 aliphatic heterocycles. The molecule has 0 atom stereocenters. The van der Waals surface area contributed by atoms with E-state index in [1.807, 2.05) is 42.5 Å². The first kappa shape index (κ1) is 15.9. The van der Waals surface area contributed by atoms with Crippen LogP contribution in [0.1, 0.15) is 0 Å². The second kappa shape index (κ2) is 6.36. The fourth-order valence-corrected chi connectivity index (χ4v) is 3.09. The van der Waals surface area contributed by atoms with E-state index < -0.39 is 0 Å². The van der Waals surface area contributed by atoms with Crippen molar-refractivity contribution >= 4 is 34.1 Å². The van der Waals surface area contributed by atoms with Gasteiger partial charge in [-0.15, -0.1) is 0 Å². The number of aromatic nitrogens is 2. The molecule has 0 aliphatic rings. The third-order valence-electron chi connectivity index (χ3n) is 3.94. The summed E-state index contributed by atoms with van der Waals surface area (Å²) >= 11 is 12.1. The quantitative estimate of drug-likeness (QED) is 0.478. The van der Waals surface area contributed by atoms with E-state index >= 15 is 0 Å². The minimum atomic E-state index is -0.141. The van der Waals surface area contributed by atoms with Crippen LogP contribution in [0.4, 0.5) is 0 Å². The van der Waals surface area contributed by atoms with Crippen molar-refractivity contribution in [1.29, 1.82) is 0 Å². The molecule has 4 rings (SSSR count). The Labute approximate surface area is 154 Å². The first-order valence-corrected chi connectivity index (χ1v) is 8.43. The minimum Gasteiger partial charge on any atom is -0.268 e. The lowest BCUT2D eigenvalue weighted by Crippen LogP contribution is -2.21. The number of benzene rings is 3. The van der Waals surface area contributed by atoms with E-state index in [4.69, 9.17) is 28.2 Å². The molecule has 0 radical (unpaired) electrons. The summed E-state index contributed by atoms with van der Waals surface area (Å²) in [5.41, 5.74) is 1.97. The summed E-state index contributed by atoms with van der Waals surface area (Å²) in [6.45, 7) is 0. The minimum absolute atomic E-state index is 0.141. The van der Waals surface area contributed by atoms with Crippen molar-refractivity contribution in [3.05, 3.63) is 93.2 Å². The first-order valence-electron chi connectivity index (χ1n) is 7.67. The zero-order chi connectivity index (χ0) is 17.4. The Kier molecular flexibility index (Phi) is 4.04. The summed E-state index contributed by atoms with van der Waals surface area (Å²) in [5, 5.41) is 1.74. The molecular weight excluding hydrogens is 355 g/mol. The molecule has 3 nitrogen and oxygen atoms in total. The normalized spacial score (nSPS) is 11.0. The topological polar surface area (TPSA) is 34.9 Å². The molecule has 0 bridgehead atoms. The Hall–Kier alpha value is -2.62. The van der Waals surface area contributed by atoms with Crippen LogP contribution in [-0.2, 0) is 0 Å². The second-order valence-corrected chi connectivity index (χ2v) is 6.45. The van der Waals surface area contributed by atoms with Crippen LogP contribution in [0.25, 0.3) is 28.0 Å². The van der Waals surface area contributed by atoms with Crippen LogP contribution in [0.5, 0.6) is 0 Å². The second-order valence-electron chi connectivity index (χ2n) is 5.58. The molecule has 0 spiro atoms. The molecule has 4 aromatic rings. The average Bonchev–Trinajstić information content (AvgIpc) is 2.62. The van der Waals surface area contributed by atoms with Gasteiger partial charge < -0.3 is 0 Å². The van der Waals surface area contributed by atoms with Gasteiger partial charge in [0.2, 0.25) is 0 Å². The van der Waals surface area contributed by atoms with Gasteiger partial charge in [-0.1, -0.05) is 41.4 Å². The van der Waals surface area contributed by atoms with Crippen molar-refractivity contribution in [3.8, 4) is 17.1 Å². The summed E-state index contributed by atoms with van der Waals surface area (Å²) in [6.07, 6.45) is 0. The molecule has 0 saturated heterocycles. The molecule has 0 unspecified atom stereocenters. The summed E-state index contributed by atoms with van der Waals surface area (Å²) in [6, 6.07) is 21.7. The van der Waals surface area contributed by atoms with Gasteiger partial charge in [-0.05, 0) is 54.6 Å². The number of para-hydroxylation sites is 1. The van der Waals surface area contributed by atoms with Gasteiger partial charge in [0.15, 0.2) is 0 Å². The van der Waals surface area contributed by atoms with Crippen LogP contribution in [0.2, 0.25) is 10.0 Å². The molecule has 122 valence electrons. The van der Waals surface area contributed by atoms with E-state index in [0.29, 0.717) is 32.5 Å². The van der Waals surface area contributed by atoms with Crippen molar-refractivity contribution in [1.82, 2.24) is 9.55 Å². The maximum atomic E-state index is 13.2. The van der Waals surface area contributed by atoms with Crippen LogP contribution in [0.15, 0.2) is 77.6 Å². The van der Waals surface area contributed by atoms with Gasteiger partial charge in [-0.2, -0.15) is 0 Å². The number of halogens is 2. The lowest BCUT2D eigenvalue weighted by molar-refractivity contribution is 0.976. The highest BCUT2D eigenvalue weighted by atomic mass is 35.5. The molecule has 0 aliphatic carbocycles. The van der Waals surface area contributed by atoms with Gasteiger partial charge in [0.05, 0.1) is 16.6 Å². The Balaban J connectivity index is 2.11. The molecule has 5 heteroatoms. The fourth-order valence-electron chi connectivity index (χ4n) is 2.78. The van der Waals surface area contributed by atoms with Crippen LogP contribution < -0.4 is 5.56 Å². The molecule has 3 aromatic carbocycles. The summed E-state index contributed by atoms with van der Waals surface area (Å²) in [4.78, 5) is 17.9. The number of nitrogens with zero attached hydrogens (tertiary/aromatic N) is 2. The van der Waals surface area contributed by atoms with E-state index in [9.17, 15) is 4.79 Å². The van der Waals surface area contributed by atoms with Crippen LogP contribution in [-0.4, -0.2) is 9.55 Å². The van der Waals surface area contributed by atoms with Gasteiger partial charge in [-0.3, -0.25) is 9.36 Å². The molecule has 1 heterocycles. The van der Waals surface area contributed by atoms with Crippen LogP contribution >= 0.6 is 23.2 Å². The van der Waals surface area contributed by atoms with E-state index in [1.54, 1.807) is 34.9 Å². The van der Waals surface area contributed by atoms with Gasteiger partial charge in [0, 0.05) is 15.6 Å². The van der Waals surface area contributed by atoms with Crippen LogP contribution in [0.3, 0.4) is 0 Å².